The smallest absolute Gasteiger partial charge is 0.338 e. The summed E-state index contributed by atoms with van der Waals surface area (Å²) in [5.74, 6) is -0.0322. The Labute approximate surface area is 223 Å². The Balaban J connectivity index is 1.46. The minimum Gasteiger partial charge on any atom is -0.487 e. The van der Waals surface area contributed by atoms with E-state index >= 15 is 0 Å². The molecule has 4 rings (SSSR count). The van der Waals surface area contributed by atoms with Gasteiger partial charge in [0.2, 0.25) is 0 Å². The number of carbonyl (C=O) groups excluding carboxylic acids is 2. The first kappa shape index (κ1) is 25.8. The van der Waals surface area contributed by atoms with E-state index in [-0.39, 0.29) is 11.9 Å². The summed E-state index contributed by atoms with van der Waals surface area (Å²) >= 11 is 13.9. The van der Waals surface area contributed by atoms with E-state index in [1.165, 1.54) is 16.7 Å². The second-order valence-corrected chi connectivity index (χ2v) is 9.53. The zero-order chi connectivity index (χ0) is 25.7. The molecule has 0 atom stereocenters. The fraction of sp³-hybridized carbons (Fsp3) is 0.148. The summed E-state index contributed by atoms with van der Waals surface area (Å²) in [5, 5.41) is 1.58. The zero-order valence-electron chi connectivity index (χ0n) is 19.5. The van der Waals surface area contributed by atoms with E-state index in [1.807, 2.05) is 24.3 Å². The number of likely N-dealkylation sites (N-methyl/N-ethyl adjacent to an activating group) is 1. The number of nitrogens with zero attached hydrogens (tertiary/aromatic N) is 2. The molecule has 36 heavy (non-hydrogen) atoms. The number of benzene rings is 3. The molecule has 9 heteroatoms. The fourth-order valence-electron chi connectivity index (χ4n) is 3.29. The number of esters is 1. The summed E-state index contributed by atoms with van der Waals surface area (Å²) in [7, 11) is 1.67. The molecule has 0 unspecified atom stereocenters. The molecule has 184 valence electrons. The van der Waals surface area contributed by atoms with Crippen molar-refractivity contribution in [3.63, 3.8) is 0 Å². The Bertz CT molecular complexity index is 1360. The van der Waals surface area contributed by atoms with Gasteiger partial charge in [0.25, 0.3) is 5.91 Å². The molecule has 0 aromatic heterocycles. The maximum absolute atomic E-state index is 12.8. The Kier molecular flexibility index (Phi) is 8.36. The summed E-state index contributed by atoms with van der Waals surface area (Å²) in [6, 6.07) is 19.5. The van der Waals surface area contributed by atoms with Gasteiger partial charge in [0.05, 0.1) is 27.8 Å². The molecule has 6 nitrogen and oxygen atoms in total. The molecular weight excluding hydrogens is 519 g/mol. The van der Waals surface area contributed by atoms with Crippen molar-refractivity contribution in [2.45, 2.75) is 13.5 Å². The van der Waals surface area contributed by atoms with Gasteiger partial charge >= 0.3 is 5.97 Å². The van der Waals surface area contributed by atoms with Gasteiger partial charge in [-0.05, 0) is 72.8 Å². The Morgan fingerprint density at radius 2 is 1.81 bits per heavy atom. The number of ether oxygens (including phenoxy) is 2. The fourth-order valence-corrected chi connectivity index (χ4v) is 4.72. The molecule has 0 saturated carbocycles. The second-order valence-electron chi connectivity index (χ2n) is 7.71. The molecule has 0 N–H and O–H groups in total. The van der Waals surface area contributed by atoms with Crippen LogP contribution in [0.25, 0.3) is 6.08 Å². The first-order valence-corrected chi connectivity index (χ1v) is 12.6. The van der Waals surface area contributed by atoms with Crippen molar-refractivity contribution in [3.8, 4) is 5.75 Å². The lowest BCUT2D eigenvalue weighted by molar-refractivity contribution is -0.121. The molecule has 1 saturated heterocycles. The lowest BCUT2D eigenvalue weighted by atomic mass is 10.2. The van der Waals surface area contributed by atoms with Gasteiger partial charge in [0, 0.05) is 17.6 Å². The van der Waals surface area contributed by atoms with Crippen molar-refractivity contribution in [1.82, 2.24) is 4.90 Å². The van der Waals surface area contributed by atoms with Crippen LogP contribution in [0.4, 0.5) is 5.69 Å². The lowest BCUT2D eigenvalue weighted by Crippen LogP contribution is -2.23. The molecule has 3 aromatic rings. The maximum atomic E-state index is 12.8. The third-order valence-electron chi connectivity index (χ3n) is 5.20. The number of hydrogen-bond donors (Lipinski definition) is 0. The molecule has 1 heterocycles. The molecule has 1 aliphatic rings. The Hall–Kier alpha value is -3.26. The van der Waals surface area contributed by atoms with Gasteiger partial charge in [-0.25, -0.2) is 9.79 Å². The highest BCUT2D eigenvalue weighted by Gasteiger charge is 2.30. The third kappa shape index (κ3) is 6.10. The highest BCUT2D eigenvalue weighted by molar-refractivity contribution is 8.18. The van der Waals surface area contributed by atoms with E-state index in [4.69, 9.17) is 32.7 Å². The van der Waals surface area contributed by atoms with Gasteiger partial charge in [-0.3, -0.25) is 9.69 Å². The highest BCUT2D eigenvalue weighted by Crippen LogP contribution is 2.35. The number of hydrogen-bond acceptors (Lipinski definition) is 6. The van der Waals surface area contributed by atoms with Crippen LogP contribution in [0.15, 0.2) is 76.6 Å². The summed E-state index contributed by atoms with van der Waals surface area (Å²) < 4.78 is 10.8. The van der Waals surface area contributed by atoms with Crippen LogP contribution < -0.4 is 4.74 Å². The first-order valence-electron chi connectivity index (χ1n) is 11.0. The number of aliphatic imine (C=N–C) groups is 1. The largest absolute Gasteiger partial charge is 0.487 e. The van der Waals surface area contributed by atoms with E-state index in [0.29, 0.717) is 50.3 Å². The molecule has 0 spiro atoms. The van der Waals surface area contributed by atoms with Crippen LogP contribution >= 0.6 is 35.0 Å². The standard InChI is InChI=1S/C27H22Cl2N2O4S/c1-3-34-26(33)18-9-11-20(12-10-18)30-27-31(2)25(32)24(36-27)15-17-8-13-23(22(29)14-17)35-16-19-6-4-5-7-21(19)28/h4-15H,3,16H2,1-2H3/b24-15-,30-27?. The van der Waals surface area contributed by atoms with Crippen LogP contribution in [0.2, 0.25) is 10.0 Å². The summed E-state index contributed by atoms with van der Waals surface area (Å²) in [5.41, 5.74) is 2.68. The normalized spacial score (nSPS) is 15.6. The van der Waals surface area contributed by atoms with Crippen molar-refractivity contribution in [2.75, 3.05) is 13.7 Å². The minimum atomic E-state index is -0.386. The number of thioether (sulfide) groups is 1. The predicted octanol–water partition coefficient (Wildman–Crippen LogP) is 6.98. The van der Waals surface area contributed by atoms with E-state index < -0.39 is 0 Å². The summed E-state index contributed by atoms with van der Waals surface area (Å²) in [6.45, 7) is 2.36. The van der Waals surface area contributed by atoms with Crippen molar-refractivity contribution in [1.29, 1.82) is 0 Å². The van der Waals surface area contributed by atoms with E-state index in [1.54, 1.807) is 62.5 Å². The van der Waals surface area contributed by atoms with Crippen LogP contribution in [-0.2, 0) is 16.1 Å². The van der Waals surface area contributed by atoms with Gasteiger partial charge in [-0.15, -0.1) is 0 Å². The van der Waals surface area contributed by atoms with Crippen LogP contribution in [0.5, 0.6) is 5.75 Å². The summed E-state index contributed by atoms with van der Waals surface area (Å²) in [6.07, 6.45) is 1.76. The van der Waals surface area contributed by atoms with E-state index in [9.17, 15) is 9.59 Å². The number of halogens is 2. The molecule has 1 amide bonds. The maximum Gasteiger partial charge on any atom is 0.338 e. The van der Waals surface area contributed by atoms with Crippen LogP contribution in [-0.4, -0.2) is 35.6 Å². The van der Waals surface area contributed by atoms with E-state index in [0.717, 1.165) is 11.1 Å². The number of carbonyl (C=O) groups is 2. The number of amides is 1. The van der Waals surface area contributed by atoms with Crippen molar-refractivity contribution >= 4 is 63.8 Å². The SMILES string of the molecule is CCOC(=O)c1ccc(N=C2S/C(=C\c3ccc(OCc4ccccc4Cl)c(Cl)c3)C(=O)N2C)cc1. The van der Waals surface area contributed by atoms with Crippen molar-refractivity contribution < 1.29 is 19.1 Å². The predicted molar refractivity (Wildman–Crippen MR) is 145 cm³/mol. The Morgan fingerprint density at radius 3 is 2.50 bits per heavy atom. The van der Waals surface area contributed by atoms with Gasteiger partial charge < -0.3 is 9.47 Å². The molecule has 0 aliphatic carbocycles. The highest BCUT2D eigenvalue weighted by atomic mass is 35.5. The molecule has 0 bridgehead atoms. The third-order valence-corrected chi connectivity index (χ3v) is 6.93. The molecular formula is C27H22Cl2N2O4S. The Morgan fingerprint density at radius 1 is 1.06 bits per heavy atom. The molecule has 1 aliphatic heterocycles. The molecule has 1 fully saturated rings. The van der Waals surface area contributed by atoms with Gasteiger partial charge in [0.1, 0.15) is 12.4 Å². The summed E-state index contributed by atoms with van der Waals surface area (Å²) in [4.78, 5) is 31.2. The van der Waals surface area contributed by atoms with Crippen LogP contribution in [0, 0.1) is 0 Å². The minimum absolute atomic E-state index is 0.169. The van der Waals surface area contributed by atoms with Gasteiger partial charge in [-0.1, -0.05) is 47.5 Å². The van der Waals surface area contributed by atoms with Crippen LogP contribution in [0.3, 0.4) is 0 Å². The van der Waals surface area contributed by atoms with Crippen molar-refractivity contribution in [3.05, 3.63) is 98.4 Å². The van der Waals surface area contributed by atoms with Crippen LogP contribution in [0.1, 0.15) is 28.4 Å². The average Bonchev–Trinajstić information content (AvgIpc) is 3.12. The molecule has 3 aromatic carbocycles. The average molecular weight is 541 g/mol. The molecule has 0 radical (unpaired) electrons. The zero-order valence-corrected chi connectivity index (χ0v) is 21.9. The van der Waals surface area contributed by atoms with Crippen molar-refractivity contribution in [2.24, 2.45) is 4.99 Å². The topological polar surface area (TPSA) is 68.2 Å². The quantitative estimate of drug-likeness (QED) is 0.238. The van der Waals surface area contributed by atoms with Gasteiger partial charge in [-0.2, -0.15) is 0 Å². The first-order chi connectivity index (χ1) is 17.4. The lowest BCUT2D eigenvalue weighted by Gasteiger charge is -2.10. The van der Waals surface area contributed by atoms with Gasteiger partial charge in [0.15, 0.2) is 5.17 Å². The van der Waals surface area contributed by atoms with E-state index in [2.05, 4.69) is 4.99 Å². The number of rotatable bonds is 7. The number of amidine groups is 1. The second kappa shape index (κ2) is 11.6. The monoisotopic (exact) mass is 540 g/mol.